The molecule has 1 nitrogen and oxygen atoms in total. The Bertz CT molecular complexity index is 594. The molecule has 1 aromatic carbocycles. The molecule has 0 saturated heterocycles. The summed E-state index contributed by atoms with van der Waals surface area (Å²) in [6, 6.07) is 9.77. The molecule has 2 aliphatic rings. The third kappa shape index (κ3) is 4.39. The minimum atomic E-state index is 0.574. The first kappa shape index (κ1) is 16.1. The molecule has 0 heterocycles. The largest absolute Gasteiger partial charge is 0.192 e. The normalized spacial score (nSPS) is 30.8. The summed E-state index contributed by atoms with van der Waals surface area (Å²) in [5, 5.41) is 8.82. The summed E-state index contributed by atoms with van der Waals surface area (Å²) in [5.41, 5.74) is 1.74. The number of hydrogen-bond acceptors (Lipinski definition) is 1. The Labute approximate surface area is 141 Å². The van der Waals surface area contributed by atoms with Crippen molar-refractivity contribution in [3.63, 3.8) is 0 Å². The van der Waals surface area contributed by atoms with Crippen molar-refractivity contribution in [1.82, 2.24) is 0 Å². The van der Waals surface area contributed by atoms with Gasteiger partial charge in [-0.05, 0) is 80.5 Å². The molecular formula is C22H27N. The van der Waals surface area contributed by atoms with Crippen LogP contribution in [0.3, 0.4) is 0 Å². The Morgan fingerprint density at radius 1 is 0.783 bits per heavy atom. The highest BCUT2D eigenvalue weighted by Crippen LogP contribution is 2.41. The van der Waals surface area contributed by atoms with Gasteiger partial charge >= 0.3 is 0 Å². The number of nitriles is 1. The molecule has 2 fully saturated rings. The van der Waals surface area contributed by atoms with E-state index < -0.39 is 0 Å². The lowest BCUT2D eigenvalue weighted by Crippen LogP contribution is -2.24. The first-order valence-electron chi connectivity index (χ1n) is 9.26. The van der Waals surface area contributed by atoms with Gasteiger partial charge in [-0.15, -0.1) is 0 Å². The van der Waals surface area contributed by atoms with Crippen LogP contribution in [0.5, 0.6) is 0 Å². The van der Waals surface area contributed by atoms with Crippen LogP contribution in [0, 0.1) is 46.8 Å². The molecule has 2 aliphatic carbocycles. The van der Waals surface area contributed by atoms with Crippen LogP contribution in [0.15, 0.2) is 24.3 Å². The quantitative estimate of drug-likeness (QED) is 0.625. The second-order valence-electron chi connectivity index (χ2n) is 7.59. The summed E-state index contributed by atoms with van der Waals surface area (Å²) in [6.45, 7) is 2.41. The van der Waals surface area contributed by atoms with E-state index in [1.54, 1.807) is 0 Å². The van der Waals surface area contributed by atoms with Crippen LogP contribution in [-0.4, -0.2) is 0 Å². The molecule has 1 heteroatoms. The van der Waals surface area contributed by atoms with Crippen molar-refractivity contribution in [1.29, 1.82) is 5.26 Å². The van der Waals surface area contributed by atoms with Crippen molar-refractivity contribution >= 4 is 0 Å². The maximum atomic E-state index is 8.82. The van der Waals surface area contributed by atoms with Crippen molar-refractivity contribution in [3.05, 3.63) is 35.4 Å². The van der Waals surface area contributed by atoms with Crippen LogP contribution in [-0.2, 0) is 0 Å². The Morgan fingerprint density at radius 3 is 1.87 bits per heavy atom. The molecular weight excluding hydrogens is 278 g/mol. The summed E-state index contributed by atoms with van der Waals surface area (Å²) >= 11 is 0. The van der Waals surface area contributed by atoms with Gasteiger partial charge in [0.25, 0.3) is 0 Å². The van der Waals surface area contributed by atoms with Crippen LogP contribution in [0.4, 0.5) is 0 Å². The van der Waals surface area contributed by atoms with Crippen LogP contribution in [0.2, 0.25) is 0 Å². The van der Waals surface area contributed by atoms with Gasteiger partial charge in [0, 0.05) is 11.5 Å². The molecule has 0 N–H and O–H groups in total. The molecule has 3 rings (SSSR count). The SMILES string of the molecule is C[C@H]1CC[C@H]([C@H]2CC[C@H](C#Cc3ccc(C#N)cc3)CC2)CC1. The Balaban J connectivity index is 1.49. The van der Waals surface area contributed by atoms with Gasteiger partial charge in [-0.3, -0.25) is 0 Å². The van der Waals surface area contributed by atoms with Crippen molar-refractivity contribution in [2.24, 2.45) is 23.7 Å². The van der Waals surface area contributed by atoms with Crippen LogP contribution >= 0.6 is 0 Å². The molecule has 0 atom stereocenters. The van der Waals surface area contributed by atoms with Gasteiger partial charge in [-0.1, -0.05) is 31.6 Å². The van der Waals surface area contributed by atoms with Gasteiger partial charge in [-0.25, -0.2) is 0 Å². The van der Waals surface area contributed by atoms with Crippen molar-refractivity contribution in [3.8, 4) is 17.9 Å². The van der Waals surface area contributed by atoms with E-state index in [1.807, 2.05) is 24.3 Å². The third-order valence-corrected chi connectivity index (χ3v) is 5.93. The molecule has 0 amide bonds. The molecule has 0 radical (unpaired) electrons. The van der Waals surface area contributed by atoms with E-state index in [9.17, 15) is 0 Å². The first-order chi connectivity index (χ1) is 11.2. The summed E-state index contributed by atoms with van der Waals surface area (Å²) in [5.74, 6) is 10.3. The fraction of sp³-hybridized carbons (Fsp3) is 0.591. The third-order valence-electron chi connectivity index (χ3n) is 5.93. The smallest absolute Gasteiger partial charge is 0.0991 e. The number of rotatable bonds is 1. The molecule has 0 aromatic heterocycles. The van der Waals surface area contributed by atoms with Gasteiger partial charge in [0.05, 0.1) is 11.6 Å². The molecule has 0 spiro atoms. The average Bonchev–Trinajstić information content (AvgIpc) is 2.61. The average molecular weight is 305 g/mol. The molecule has 0 aliphatic heterocycles. The van der Waals surface area contributed by atoms with E-state index in [4.69, 9.17) is 5.26 Å². The minimum Gasteiger partial charge on any atom is -0.192 e. The fourth-order valence-electron chi connectivity index (χ4n) is 4.31. The topological polar surface area (TPSA) is 23.8 Å². The Morgan fingerprint density at radius 2 is 1.30 bits per heavy atom. The zero-order valence-corrected chi connectivity index (χ0v) is 14.2. The summed E-state index contributed by atoms with van der Waals surface area (Å²) in [4.78, 5) is 0. The van der Waals surface area contributed by atoms with Gasteiger partial charge in [-0.2, -0.15) is 5.26 Å². The maximum Gasteiger partial charge on any atom is 0.0991 e. The van der Waals surface area contributed by atoms with Gasteiger partial charge in [0.15, 0.2) is 0 Å². The predicted octanol–water partition coefficient (Wildman–Crippen LogP) is 5.54. The van der Waals surface area contributed by atoms with Crippen LogP contribution < -0.4 is 0 Å². The highest BCUT2D eigenvalue weighted by Gasteiger charge is 2.29. The molecule has 2 saturated carbocycles. The zero-order chi connectivity index (χ0) is 16.1. The summed E-state index contributed by atoms with van der Waals surface area (Å²) in [6.07, 6.45) is 11.1. The van der Waals surface area contributed by atoms with Gasteiger partial charge in [0.1, 0.15) is 0 Å². The number of benzene rings is 1. The number of nitrogens with zero attached hydrogens (tertiary/aromatic N) is 1. The van der Waals surface area contributed by atoms with E-state index in [1.165, 1.54) is 51.4 Å². The molecule has 0 unspecified atom stereocenters. The lowest BCUT2D eigenvalue weighted by molar-refractivity contribution is 0.162. The molecule has 1 aromatic rings. The summed E-state index contributed by atoms with van der Waals surface area (Å²) in [7, 11) is 0. The second-order valence-corrected chi connectivity index (χ2v) is 7.59. The monoisotopic (exact) mass is 305 g/mol. The standard InChI is InChI=1S/C22H27N/c1-17-2-12-21(13-3-17)22-14-10-19(11-15-22)5-4-18-6-8-20(16-23)9-7-18/h6-9,17,19,21-22H,2-3,10-15H2,1H3/t17-,19-,21-,22-. The molecule has 23 heavy (non-hydrogen) atoms. The van der Waals surface area contributed by atoms with E-state index in [0.717, 1.165) is 23.3 Å². The van der Waals surface area contributed by atoms with Crippen molar-refractivity contribution < 1.29 is 0 Å². The Hall–Kier alpha value is -1.73. The fourth-order valence-corrected chi connectivity index (χ4v) is 4.31. The van der Waals surface area contributed by atoms with Crippen LogP contribution in [0.25, 0.3) is 0 Å². The Kier molecular flexibility index (Phi) is 5.40. The maximum absolute atomic E-state index is 8.82. The summed E-state index contributed by atoms with van der Waals surface area (Å²) < 4.78 is 0. The minimum absolute atomic E-state index is 0.574. The van der Waals surface area contributed by atoms with E-state index in [0.29, 0.717) is 11.5 Å². The lowest BCUT2D eigenvalue weighted by atomic mass is 9.69. The van der Waals surface area contributed by atoms with Gasteiger partial charge < -0.3 is 0 Å². The first-order valence-corrected chi connectivity index (χ1v) is 9.26. The van der Waals surface area contributed by atoms with Crippen LogP contribution in [0.1, 0.15) is 69.4 Å². The highest BCUT2D eigenvalue weighted by molar-refractivity contribution is 5.40. The van der Waals surface area contributed by atoms with E-state index in [-0.39, 0.29) is 0 Å². The van der Waals surface area contributed by atoms with E-state index in [2.05, 4.69) is 24.8 Å². The molecule has 0 bridgehead atoms. The van der Waals surface area contributed by atoms with Crippen molar-refractivity contribution in [2.75, 3.05) is 0 Å². The predicted molar refractivity (Wildman–Crippen MR) is 94.6 cm³/mol. The highest BCUT2D eigenvalue weighted by atomic mass is 14.3. The van der Waals surface area contributed by atoms with E-state index >= 15 is 0 Å². The van der Waals surface area contributed by atoms with Crippen molar-refractivity contribution in [2.45, 2.75) is 58.3 Å². The second kappa shape index (κ2) is 7.70. The molecule has 120 valence electrons. The van der Waals surface area contributed by atoms with Gasteiger partial charge in [0.2, 0.25) is 0 Å². The lowest BCUT2D eigenvalue weighted by Gasteiger charge is -2.36. The zero-order valence-electron chi connectivity index (χ0n) is 14.2. The number of hydrogen-bond donors (Lipinski definition) is 0.